The first kappa shape index (κ1) is 34.2. The van der Waals surface area contributed by atoms with Crippen molar-refractivity contribution in [3.8, 4) is 5.75 Å². The molecule has 2 atom stereocenters. The second-order valence-electron chi connectivity index (χ2n) is 13.5. The molecule has 0 unspecified atom stereocenters. The number of aliphatic imine (C=N–C) groups is 1. The second kappa shape index (κ2) is 14.5. The number of morpholine rings is 1. The van der Waals surface area contributed by atoms with Gasteiger partial charge in [0.05, 0.1) is 38.5 Å². The third kappa shape index (κ3) is 7.34. The van der Waals surface area contributed by atoms with Crippen molar-refractivity contribution in [2.45, 2.75) is 38.3 Å². The van der Waals surface area contributed by atoms with Gasteiger partial charge < -0.3 is 19.3 Å². The summed E-state index contributed by atoms with van der Waals surface area (Å²) in [6.07, 6.45) is 0. The lowest BCUT2D eigenvalue weighted by Gasteiger charge is -2.39. The van der Waals surface area contributed by atoms with Crippen molar-refractivity contribution in [3.63, 3.8) is 0 Å². The monoisotopic (exact) mass is 691 g/mol. The van der Waals surface area contributed by atoms with Gasteiger partial charge in [0.1, 0.15) is 17.6 Å². The standard InChI is InChI=1S/C37H43Cl2N5O4/c1-37(2,3)27-9-14-30(31(23-27)47-4)35-40-33(25-5-10-28(38)11-6-25)34(26-7-12-29(39)13-8-26)44(35)36(46)43-17-15-41(16-18-43)24-32(45)42-19-21-48-22-20-42/h5-14,23,33-34H,15-22,24H2,1-4H3/t33-,34+/m1/s1. The molecule has 0 spiro atoms. The van der Waals surface area contributed by atoms with E-state index < -0.39 is 12.1 Å². The molecule has 3 aliphatic heterocycles. The van der Waals surface area contributed by atoms with Crippen molar-refractivity contribution in [3.05, 3.63) is 99.0 Å². The maximum atomic E-state index is 14.8. The number of hydrogen-bond acceptors (Lipinski definition) is 6. The summed E-state index contributed by atoms with van der Waals surface area (Å²) in [6, 6.07) is 20.4. The van der Waals surface area contributed by atoms with Crippen LogP contribution >= 0.6 is 23.2 Å². The molecule has 0 saturated carbocycles. The zero-order valence-electron chi connectivity index (χ0n) is 28.0. The van der Waals surface area contributed by atoms with Gasteiger partial charge in [-0.25, -0.2) is 4.79 Å². The summed E-state index contributed by atoms with van der Waals surface area (Å²) in [6.45, 7) is 11.4. The van der Waals surface area contributed by atoms with E-state index in [1.807, 2.05) is 75.4 Å². The van der Waals surface area contributed by atoms with E-state index in [4.69, 9.17) is 37.7 Å². The Morgan fingerprint density at radius 3 is 2.02 bits per heavy atom. The van der Waals surface area contributed by atoms with E-state index in [0.717, 1.165) is 22.3 Å². The van der Waals surface area contributed by atoms with Gasteiger partial charge >= 0.3 is 6.03 Å². The highest BCUT2D eigenvalue weighted by atomic mass is 35.5. The number of benzene rings is 3. The van der Waals surface area contributed by atoms with Crippen molar-refractivity contribution in [1.82, 2.24) is 19.6 Å². The van der Waals surface area contributed by atoms with E-state index in [1.54, 1.807) is 7.11 Å². The predicted octanol–water partition coefficient (Wildman–Crippen LogP) is 6.44. The summed E-state index contributed by atoms with van der Waals surface area (Å²) in [5.41, 5.74) is 3.60. The number of carbonyl (C=O) groups excluding carboxylic acids is 2. The average Bonchev–Trinajstić information content (AvgIpc) is 3.49. The fourth-order valence-corrected chi connectivity index (χ4v) is 6.80. The minimum absolute atomic E-state index is 0.0979. The zero-order chi connectivity index (χ0) is 34.0. The summed E-state index contributed by atoms with van der Waals surface area (Å²) < 4.78 is 11.4. The number of hydrogen-bond donors (Lipinski definition) is 0. The molecule has 254 valence electrons. The number of carbonyl (C=O) groups is 2. The minimum Gasteiger partial charge on any atom is -0.496 e. The number of amidine groups is 1. The Morgan fingerprint density at radius 1 is 0.833 bits per heavy atom. The molecular formula is C37H43Cl2N5O4. The van der Waals surface area contributed by atoms with Gasteiger partial charge in [0, 0.05) is 49.3 Å². The summed E-state index contributed by atoms with van der Waals surface area (Å²) in [5.74, 6) is 1.30. The van der Waals surface area contributed by atoms with Crippen LogP contribution in [0.3, 0.4) is 0 Å². The van der Waals surface area contributed by atoms with Gasteiger partial charge in [-0.2, -0.15) is 0 Å². The average molecular weight is 693 g/mol. The molecule has 9 nitrogen and oxygen atoms in total. The van der Waals surface area contributed by atoms with E-state index >= 15 is 0 Å². The van der Waals surface area contributed by atoms with Crippen LogP contribution in [0.15, 0.2) is 71.7 Å². The van der Waals surface area contributed by atoms with Gasteiger partial charge in [-0.05, 0) is 58.5 Å². The van der Waals surface area contributed by atoms with Crippen molar-refractivity contribution in [2.24, 2.45) is 4.99 Å². The molecule has 0 radical (unpaired) electrons. The summed E-state index contributed by atoms with van der Waals surface area (Å²) >= 11 is 12.6. The fourth-order valence-electron chi connectivity index (χ4n) is 6.55. The van der Waals surface area contributed by atoms with E-state index in [9.17, 15) is 9.59 Å². The molecular weight excluding hydrogens is 649 g/mol. The highest BCUT2D eigenvalue weighted by molar-refractivity contribution is 6.30. The van der Waals surface area contributed by atoms with E-state index in [2.05, 4.69) is 31.7 Å². The lowest BCUT2D eigenvalue weighted by atomic mass is 9.86. The van der Waals surface area contributed by atoms with Gasteiger partial charge in [-0.3, -0.25) is 19.6 Å². The summed E-state index contributed by atoms with van der Waals surface area (Å²) in [7, 11) is 1.65. The van der Waals surface area contributed by atoms with Crippen LogP contribution in [-0.4, -0.2) is 104 Å². The highest BCUT2D eigenvalue weighted by Gasteiger charge is 2.45. The molecule has 3 aromatic carbocycles. The number of methoxy groups -OCH3 is 1. The second-order valence-corrected chi connectivity index (χ2v) is 14.4. The maximum absolute atomic E-state index is 14.8. The van der Waals surface area contributed by atoms with Crippen molar-refractivity contribution in [2.75, 3.05) is 66.1 Å². The molecule has 2 saturated heterocycles. The van der Waals surface area contributed by atoms with E-state index in [-0.39, 0.29) is 17.4 Å². The van der Waals surface area contributed by atoms with Crippen LogP contribution in [0.5, 0.6) is 5.75 Å². The summed E-state index contributed by atoms with van der Waals surface area (Å²) in [4.78, 5) is 40.8. The molecule has 0 bridgehead atoms. The molecule has 2 fully saturated rings. The lowest BCUT2D eigenvalue weighted by molar-refractivity contribution is -0.136. The Bertz CT molecular complexity index is 1640. The number of nitrogens with zero attached hydrogens (tertiary/aromatic N) is 5. The molecule has 0 aromatic heterocycles. The number of ether oxygens (including phenoxy) is 2. The van der Waals surface area contributed by atoms with Crippen molar-refractivity contribution >= 4 is 41.0 Å². The predicted molar refractivity (Wildman–Crippen MR) is 189 cm³/mol. The smallest absolute Gasteiger partial charge is 0.326 e. The first-order valence-electron chi connectivity index (χ1n) is 16.5. The molecule has 3 heterocycles. The normalized spacial score (nSPS) is 20.5. The van der Waals surface area contributed by atoms with E-state index in [1.165, 1.54) is 0 Å². The van der Waals surface area contributed by atoms with Crippen LogP contribution in [0.25, 0.3) is 0 Å². The van der Waals surface area contributed by atoms with Crippen LogP contribution in [-0.2, 0) is 14.9 Å². The Balaban J connectivity index is 1.35. The van der Waals surface area contributed by atoms with Crippen molar-refractivity contribution in [1.29, 1.82) is 0 Å². The molecule has 3 aliphatic rings. The third-order valence-electron chi connectivity index (χ3n) is 9.37. The number of amides is 3. The Morgan fingerprint density at radius 2 is 1.44 bits per heavy atom. The van der Waals surface area contributed by atoms with Crippen LogP contribution in [0, 0.1) is 0 Å². The van der Waals surface area contributed by atoms with Gasteiger partial charge in [0.25, 0.3) is 0 Å². The molecule has 11 heteroatoms. The maximum Gasteiger partial charge on any atom is 0.326 e. The number of halogens is 2. The molecule has 48 heavy (non-hydrogen) atoms. The highest BCUT2D eigenvalue weighted by Crippen LogP contribution is 2.46. The SMILES string of the molecule is COc1cc(C(C)(C)C)ccc1C1=N[C@H](c2ccc(Cl)cc2)[C@H](c2ccc(Cl)cc2)N1C(=O)N1CCN(CC(=O)N2CCOCC2)CC1. The van der Waals surface area contributed by atoms with Gasteiger partial charge in [0.15, 0.2) is 0 Å². The Labute approximate surface area is 293 Å². The third-order valence-corrected chi connectivity index (χ3v) is 9.87. The van der Waals surface area contributed by atoms with Gasteiger partial charge in [0.2, 0.25) is 5.91 Å². The van der Waals surface area contributed by atoms with Crippen LogP contribution in [0.4, 0.5) is 4.79 Å². The molecule has 3 aromatic rings. The van der Waals surface area contributed by atoms with Crippen LogP contribution in [0.2, 0.25) is 10.0 Å². The lowest BCUT2D eigenvalue weighted by Crippen LogP contribution is -2.56. The first-order valence-corrected chi connectivity index (χ1v) is 17.2. The fraction of sp³-hybridized carbons (Fsp3) is 0.432. The van der Waals surface area contributed by atoms with Crippen molar-refractivity contribution < 1.29 is 19.1 Å². The van der Waals surface area contributed by atoms with E-state index in [0.29, 0.717) is 80.7 Å². The summed E-state index contributed by atoms with van der Waals surface area (Å²) in [5, 5.41) is 1.24. The van der Waals surface area contributed by atoms with Crippen LogP contribution in [0.1, 0.15) is 55.1 Å². The molecule has 3 amide bonds. The Hall–Kier alpha value is -3.63. The zero-order valence-corrected chi connectivity index (χ0v) is 29.5. The number of urea groups is 1. The number of piperazine rings is 1. The first-order chi connectivity index (χ1) is 23.0. The van der Waals surface area contributed by atoms with Gasteiger partial charge in [-0.1, -0.05) is 74.3 Å². The quantitative estimate of drug-likeness (QED) is 0.297. The Kier molecular flexibility index (Phi) is 10.3. The molecule has 0 aliphatic carbocycles. The number of rotatable bonds is 6. The topological polar surface area (TPSA) is 77.9 Å². The largest absolute Gasteiger partial charge is 0.496 e. The van der Waals surface area contributed by atoms with Gasteiger partial charge in [-0.15, -0.1) is 0 Å². The minimum atomic E-state index is -0.459. The van der Waals surface area contributed by atoms with Crippen LogP contribution < -0.4 is 4.74 Å². The molecule has 0 N–H and O–H groups in total. The molecule has 6 rings (SSSR count).